The molecule has 0 amide bonds. The Kier molecular flexibility index (Phi) is 4.98. The topological polar surface area (TPSA) is 61.2 Å². The molecule has 4 rings (SSSR count). The van der Waals surface area contributed by atoms with Gasteiger partial charge < -0.3 is 4.74 Å². The van der Waals surface area contributed by atoms with Gasteiger partial charge in [0.25, 0.3) is 5.56 Å². The normalized spacial score (nSPS) is 12.1. The standard InChI is InChI=1S/C22H17FN2O3S/c1-13-24-20-18(17(12-29-20)14-8-10-16(23)11-9-14)21(26)25(13)19(22(27)28-2)15-6-4-3-5-7-15/h3-12,19H,1-2H3. The average molecular weight is 408 g/mol. The van der Waals surface area contributed by atoms with Gasteiger partial charge in [-0.25, -0.2) is 14.2 Å². The van der Waals surface area contributed by atoms with Gasteiger partial charge in [0.1, 0.15) is 16.5 Å². The molecule has 146 valence electrons. The molecule has 29 heavy (non-hydrogen) atoms. The van der Waals surface area contributed by atoms with E-state index in [1.807, 2.05) is 11.4 Å². The number of ether oxygens (including phenoxy) is 1. The number of carbonyl (C=O) groups excluding carboxylic acids is 1. The number of aryl methyl sites for hydroxylation is 1. The van der Waals surface area contributed by atoms with Gasteiger partial charge in [0, 0.05) is 10.9 Å². The smallest absolute Gasteiger partial charge is 0.333 e. The van der Waals surface area contributed by atoms with E-state index in [1.165, 1.54) is 35.1 Å². The summed E-state index contributed by atoms with van der Waals surface area (Å²) < 4.78 is 19.7. The van der Waals surface area contributed by atoms with Crippen LogP contribution < -0.4 is 5.56 Å². The molecule has 0 fully saturated rings. The number of rotatable bonds is 4. The molecule has 5 nitrogen and oxygen atoms in total. The van der Waals surface area contributed by atoms with Gasteiger partial charge in [0.2, 0.25) is 0 Å². The van der Waals surface area contributed by atoms with Crippen LogP contribution in [0, 0.1) is 12.7 Å². The maximum Gasteiger partial charge on any atom is 0.333 e. The van der Waals surface area contributed by atoms with Gasteiger partial charge in [0.05, 0.1) is 12.5 Å². The predicted octanol–water partition coefficient (Wildman–Crippen LogP) is 4.33. The predicted molar refractivity (Wildman–Crippen MR) is 111 cm³/mol. The minimum Gasteiger partial charge on any atom is -0.467 e. The number of hydrogen-bond acceptors (Lipinski definition) is 5. The molecular weight excluding hydrogens is 391 g/mol. The summed E-state index contributed by atoms with van der Waals surface area (Å²) in [5.41, 5.74) is 1.66. The molecule has 1 atom stereocenters. The summed E-state index contributed by atoms with van der Waals surface area (Å²) in [4.78, 5) is 31.3. The van der Waals surface area contributed by atoms with Crippen molar-refractivity contribution in [2.45, 2.75) is 13.0 Å². The molecule has 0 bridgehead atoms. The Hall–Kier alpha value is -3.32. The van der Waals surface area contributed by atoms with E-state index < -0.39 is 12.0 Å². The van der Waals surface area contributed by atoms with E-state index in [0.717, 1.165) is 0 Å². The fraction of sp³-hybridized carbons (Fsp3) is 0.136. The van der Waals surface area contributed by atoms with Crippen LogP contribution in [0.1, 0.15) is 17.4 Å². The van der Waals surface area contributed by atoms with Crippen molar-refractivity contribution in [1.82, 2.24) is 9.55 Å². The third-order valence-corrected chi connectivity index (χ3v) is 5.64. The fourth-order valence-corrected chi connectivity index (χ4v) is 4.37. The van der Waals surface area contributed by atoms with Crippen LogP contribution in [0.2, 0.25) is 0 Å². The van der Waals surface area contributed by atoms with Crippen molar-refractivity contribution in [1.29, 1.82) is 0 Å². The number of thiophene rings is 1. The minimum atomic E-state index is -0.952. The zero-order valence-corrected chi connectivity index (χ0v) is 16.6. The highest BCUT2D eigenvalue weighted by Crippen LogP contribution is 2.32. The summed E-state index contributed by atoms with van der Waals surface area (Å²) in [6, 6.07) is 14.0. The summed E-state index contributed by atoms with van der Waals surface area (Å²) in [5.74, 6) is -0.495. The number of nitrogens with zero attached hydrogens (tertiary/aromatic N) is 2. The monoisotopic (exact) mass is 408 g/mol. The lowest BCUT2D eigenvalue weighted by Crippen LogP contribution is -2.33. The first-order chi connectivity index (χ1) is 14.0. The van der Waals surface area contributed by atoms with Gasteiger partial charge in [-0.3, -0.25) is 9.36 Å². The third-order valence-electron chi connectivity index (χ3n) is 4.77. The van der Waals surface area contributed by atoms with Crippen molar-refractivity contribution in [3.8, 4) is 11.1 Å². The van der Waals surface area contributed by atoms with Gasteiger partial charge in [-0.05, 0) is 30.2 Å². The largest absolute Gasteiger partial charge is 0.467 e. The Bertz CT molecular complexity index is 1250. The number of methoxy groups -OCH3 is 1. The molecule has 0 spiro atoms. The Balaban J connectivity index is 1.99. The van der Waals surface area contributed by atoms with Gasteiger partial charge in [-0.2, -0.15) is 0 Å². The van der Waals surface area contributed by atoms with E-state index in [4.69, 9.17) is 4.74 Å². The van der Waals surface area contributed by atoms with Gasteiger partial charge in [-0.1, -0.05) is 42.5 Å². The lowest BCUT2D eigenvalue weighted by atomic mass is 10.0. The lowest BCUT2D eigenvalue weighted by molar-refractivity contribution is -0.143. The van der Waals surface area contributed by atoms with E-state index in [0.29, 0.717) is 32.7 Å². The maximum atomic E-state index is 13.6. The molecule has 0 saturated carbocycles. The zero-order chi connectivity index (χ0) is 20.5. The van der Waals surface area contributed by atoms with Crippen LogP contribution in [0.15, 0.2) is 64.8 Å². The molecular formula is C22H17FN2O3S. The SMILES string of the molecule is COC(=O)C(c1ccccc1)n1c(C)nc2scc(-c3ccc(F)cc3)c2c1=O. The number of halogens is 1. The number of hydrogen-bond donors (Lipinski definition) is 0. The first kappa shape index (κ1) is 19.0. The van der Waals surface area contributed by atoms with Crippen LogP contribution in [-0.4, -0.2) is 22.6 Å². The Morgan fingerprint density at radius 3 is 2.48 bits per heavy atom. The highest BCUT2D eigenvalue weighted by Gasteiger charge is 2.28. The van der Waals surface area contributed by atoms with Crippen LogP contribution >= 0.6 is 11.3 Å². The van der Waals surface area contributed by atoms with E-state index in [2.05, 4.69) is 4.98 Å². The van der Waals surface area contributed by atoms with Gasteiger partial charge in [0.15, 0.2) is 6.04 Å². The molecule has 1 unspecified atom stereocenters. The number of fused-ring (bicyclic) bond motifs is 1. The second-order valence-corrected chi connectivity index (χ2v) is 7.37. The maximum absolute atomic E-state index is 13.6. The molecule has 0 aliphatic rings. The summed E-state index contributed by atoms with van der Waals surface area (Å²) in [6.45, 7) is 1.69. The molecule has 2 aromatic carbocycles. The van der Waals surface area contributed by atoms with Crippen LogP contribution in [0.3, 0.4) is 0 Å². The first-order valence-electron chi connectivity index (χ1n) is 8.90. The molecule has 0 aliphatic heterocycles. The van der Waals surface area contributed by atoms with Crippen LogP contribution in [0.4, 0.5) is 4.39 Å². The van der Waals surface area contributed by atoms with Crippen molar-refractivity contribution in [3.63, 3.8) is 0 Å². The van der Waals surface area contributed by atoms with Crippen molar-refractivity contribution in [3.05, 3.63) is 87.5 Å². The van der Waals surface area contributed by atoms with E-state index >= 15 is 0 Å². The molecule has 4 aromatic rings. The number of esters is 1. The van der Waals surface area contributed by atoms with Crippen LogP contribution in [-0.2, 0) is 9.53 Å². The van der Waals surface area contributed by atoms with Crippen LogP contribution in [0.5, 0.6) is 0 Å². The van der Waals surface area contributed by atoms with E-state index in [1.54, 1.807) is 43.3 Å². The quantitative estimate of drug-likeness (QED) is 0.472. The number of benzene rings is 2. The zero-order valence-electron chi connectivity index (χ0n) is 15.8. The van der Waals surface area contributed by atoms with Crippen molar-refractivity contribution in [2.24, 2.45) is 0 Å². The molecule has 7 heteroatoms. The molecule has 0 radical (unpaired) electrons. The number of carbonyl (C=O) groups is 1. The van der Waals surface area contributed by atoms with Crippen molar-refractivity contribution < 1.29 is 13.9 Å². The first-order valence-corrected chi connectivity index (χ1v) is 9.78. The second-order valence-electron chi connectivity index (χ2n) is 6.51. The van der Waals surface area contributed by atoms with Gasteiger partial charge in [-0.15, -0.1) is 11.3 Å². The Labute approximate surface area is 170 Å². The van der Waals surface area contributed by atoms with Gasteiger partial charge >= 0.3 is 5.97 Å². The molecule has 0 saturated heterocycles. The second kappa shape index (κ2) is 7.60. The minimum absolute atomic E-state index is 0.340. The molecule has 2 heterocycles. The highest BCUT2D eigenvalue weighted by molar-refractivity contribution is 7.17. The van der Waals surface area contributed by atoms with E-state index in [9.17, 15) is 14.0 Å². The third kappa shape index (κ3) is 3.34. The summed E-state index contributed by atoms with van der Waals surface area (Å²) >= 11 is 1.34. The number of aromatic nitrogens is 2. The van der Waals surface area contributed by atoms with Crippen molar-refractivity contribution in [2.75, 3.05) is 7.11 Å². The Morgan fingerprint density at radius 2 is 1.83 bits per heavy atom. The lowest BCUT2D eigenvalue weighted by Gasteiger charge is -2.20. The fourth-order valence-electron chi connectivity index (χ4n) is 3.39. The van der Waals surface area contributed by atoms with E-state index in [-0.39, 0.29) is 11.4 Å². The summed E-state index contributed by atoms with van der Waals surface area (Å²) in [7, 11) is 1.29. The molecule has 0 aliphatic carbocycles. The van der Waals surface area contributed by atoms with Crippen molar-refractivity contribution >= 4 is 27.5 Å². The van der Waals surface area contributed by atoms with Crippen LogP contribution in [0.25, 0.3) is 21.3 Å². The highest BCUT2D eigenvalue weighted by atomic mass is 32.1. The molecule has 2 aromatic heterocycles. The summed E-state index contributed by atoms with van der Waals surface area (Å²) in [6.07, 6.45) is 0. The average Bonchev–Trinajstić information content (AvgIpc) is 3.15. The molecule has 0 N–H and O–H groups in total. The Morgan fingerprint density at radius 1 is 1.14 bits per heavy atom. The summed E-state index contributed by atoms with van der Waals surface area (Å²) in [5, 5.41) is 2.23.